The molecule has 0 saturated carbocycles. The number of hydrogen-bond acceptors (Lipinski definition) is 3. The van der Waals surface area contributed by atoms with Gasteiger partial charge in [0.15, 0.2) is 0 Å². The summed E-state index contributed by atoms with van der Waals surface area (Å²) in [6.07, 6.45) is -12.2. The fourth-order valence-electron chi connectivity index (χ4n) is 1.83. The number of rotatable bonds is 4. The van der Waals surface area contributed by atoms with E-state index in [1.165, 1.54) is 18.2 Å². The molecule has 1 N–H and O–H groups in total. The summed E-state index contributed by atoms with van der Waals surface area (Å²) in [5.41, 5.74) is -7.46. The molecule has 24 heavy (non-hydrogen) atoms. The Bertz CT molecular complexity index is 622. The lowest BCUT2D eigenvalue weighted by molar-refractivity contribution is -0.290. The van der Waals surface area contributed by atoms with Crippen LogP contribution >= 0.6 is 0 Å². The molecule has 0 aliphatic rings. The van der Waals surface area contributed by atoms with Gasteiger partial charge in [0, 0.05) is 5.56 Å². The van der Waals surface area contributed by atoms with Crippen molar-refractivity contribution in [1.82, 2.24) is 5.32 Å². The van der Waals surface area contributed by atoms with Crippen LogP contribution in [0.15, 0.2) is 42.5 Å². The molecule has 0 fully saturated rings. The maximum atomic E-state index is 13.3. The third-order valence-corrected chi connectivity index (χ3v) is 3.07. The highest BCUT2D eigenvalue weighted by molar-refractivity contribution is 5.98. The molecule has 0 unspecified atom stereocenters. The van der Waals surface area contributed by atoms with Crippen molar-refractivity contribution in [2.24, 2.45) is 0 Å². The van der Waals surface area contributed by atoms with Crippen molar-refractivity contribution in [3.63, 3.8) is 0 Å². The predicted octanol–water partition coefficient (Wildman–Crippen LogP) is 3.01. The number of benzene rings is 1. The monoisotopic (exact) mass is 355 g/mol. The van der Waals surface area contributed by atoms with E-state index in [4.69, 9.17) is 0 Å². The van der Waals surface area contributed by atoms with Crippen LogP contribution in [0.2, 0.25) is 0 Å². The normalized spacial score (nSPS) is 12.5. The van der Waals surface area contributed by atoms with E-state index in [0.717, 1.165) is 17.4 Å². The number of alkyl halides is 6. The SMILES string of the molecule is C=C(C(=O)OC)C(NC(=O)c1ccccc1)(C(F)(F)F)C(F)(F)F. The maximum Gasteiger partial charge on any atom is 0.425 e. The molecule has 0 bridgehead atoms. The van der Waals surface area contributed by atoms with Crippen molar-refractivity contribution in [2.45, 2.75) is 17.9 Å². The van der Waals surface area contributed by atoms with Crippen molar-refractivity contribution >= 4 is 11.9 Å². The van der Waals surface area contributed by atoms with Gasteiger partial charge in [-0.2, -0.15) is 26.3 Å². The number of amides is 1. The van der Waals surface area contributed by atoms with Gasteiger partial charge in [0.2, 0.25) is 0 Å². The van der Waals surface area contributed by atoms with Gasteiger partial charge in [0.05, 0.1) is 12.7 Å². The van der Waals surface area contributed by atoms with E-state index < -0.39 is 40.9 Å². The summed E-state index contributed by atoms with van der Waals surface area (Å²) in [4.78, 5) is 23.2. The van der Waals surface area contributed by atoms with Gasteiger partial charge >= 0.3 is 18.3 Å². The molecule has 1 rings (SSSR count). The van der Waals surface area contributed by atoms with Crippen molar-refractivity contribution in [2.75, 3.05) is 7.11 Å². The van der Waals surface area contributed by atoms with Gasteiger partial charge in [-0.05, 0) is 12.1 Å². The molecule has 0 radical (unpaired) electrons. The van der Waals surface area contributed by atoms with Crippen molar-refractivity contribution in [3.05, 3.63) is 48.0 Å². The summed E-state index contributed by atoms with van der Waals surface area (Å²) in [6, 6.07) is 5.91. The molecule has 0 atom stereocenters. The van der Waals surface area contributed by atoms with Crippen LogP contribution in [0.25, 0.3) is 0 Å². The fraction of sp³-hybridized carbons (Fsp3) is 0.286. The third kappa shape index (κ3) is 3.36. The molecule has 1 amide bonds. The highest BCUT2D eigenvalue weighted by Gasteiger charge is 2.74. The zero-order chi connectivity index (χ0) is 18.8. The smallest absolute Gasteiger partial charge is 0.425 e. The molecule has 0 aliphatic carbocycles. The average molecular weight is 355 g/mol. The Morgan fingerprint density at radius 1 is 1.00 bits per heavy atom. The summed E-state index contributed by atoms with van der Waals surface area (Å²) in [5.74, 6) is -3.65. The molecular formula is C14H11F6NO3. The van der Waals surface area contributed by atoms with Crippen LogP contribution < -0.4 is 5.32 Å². The molecular weight excluding hydrogens is 344 g/mol. The first kappa shape index (κ1) is 19.5. The number of nitrogens with one attached hydrogen (secondary N) is 1. The van der Waals surface area contributed by atoms with Crippen LogP contribution in [0.5, 0.6) is 0 Å². The number of methoxy groups -OCH3 is 1. The van der Waals surface area contributed by atoms with Crippen LogP contribution in [-0.2, 0) is 9.53 Å². The molecule has 1 aromatic rings. The molecule has 0 spiro atoms. The number of hydrogen-bond donors (Lipinski definition) is 1. The van der Waals surface area contributed by atoms with Crippen molar-refractivity contribution in [3.8, 4) is 0 Å². The topological polar surface area (TPSA) is 55.4 Å². The van der Waals surface area contributed by atoms with E-state index in [-0.39, 0.29) is 0 Å². The lowest BCUT2D eigenvalue weighted by atomic mass is 9.88. The Morgan fingerprint density at radius 3 is 1.83 bits per heavy atom. The van der Waals surface area contributed by atoms with E-state index in [1.807, 2.05) is 0 Å². The maximum absolute atomic E-state index is 13.3. The van der Waals surface area contributed by atoms with Gasteiger partial charge in [-0.1, -0.05) is 24.8 Å². The fourth-order valence-corrected chi connectivity index (χ4v) is 1.83. The molecule has 1 aromatic carbocycles. The zero-order valence-corrected chi connectivity index (χ0v) is 12.1. The summed E-state index contributed by atoms with van der Waals surface area (Å²) >= 11 is 0. The molecule has 132 valence electrons. The highest BCUT2D eigenvalue weighted by atomic mass is 19.4. The Kier molecular flexibility index (Phi) is 5.32. The van der Waals surface area contributed by atoms with Gasteiger partial charge in [-0.15, -0.1) is 0 Å². The average Bonchev–Trinajstić information content (AvgIpc) is 2.49. The number of carbonyl (C=O) groups is 2. The summed E-state index contributed by atoms with van der Waals surface area (Å²) in [5, 5.41) is 0.852. The zero-order valence-electron chi connectivity index (χ0n) is 12.1. The van der Waals surface area contributed by atoms with Crippen LogP contribution in [0.1, 0.15) is 10.4 Å². The van der Waals surface area contributed by atoms with Crippen LogP contribution in [0, 0.1) is 0 Å². The Morgan fingerprint density at radius 2 is 1.46 bits per heavy atom. The molecule has 0 aliphatic heterocycles. The van der Waals surface area contributed by atoms with Gasteiger partial charge < -0.3 is 10.1 Å². The molecule has 0 aromatic heterocycles. The minimum Gasteiger partial charge on any atom is -0.466 e. The van der Waals surface area contributed by atoms with Gasteiger partial charge in [-0.25, -0.2) is 4.79 Å². The highest BCUT2D eigenvalue weighted by Crippen LogP contribution is 2.47. The van der Waals surface area contributed by atoms with Gasteiger partial charge in [0.1, 0.15) is 0 Å². The molecule has 4 nitrogen and oxygen atoms in total. The standard InChI is InChI=1S/C14H11F6NO3/c1-8(11(23)24-2)12(13(15,16)17,14(18,19)20)21-10(22)9-6-4-3-5-7-9/h3-7H,1H2,2H3,(H,21,22). The number of ether oxygens (including phenoxy) is 1. The van der Waals surface area contributed by atoms with E-state index in [9.17, 15) is 35.9 Å². The first-order valence-electron chi connectivity index (χ1n) is 6.17. The number of carbonyl (C=O) groups excluding carboxylic acids is 2. The second-order valence-electron chi connectivity index (χ2n) is 4.54. The molecule has 0 saturated heterocycles. The second kappa shape index (κ2) is 6.54. The van der Waals surface area contributed by atoms with Crippen LogP contribution in [-0.4, -0.2) is 36.9 Å². The lowest BCUT2D eigenvalue weighted by Crippen LogP contribution is -2.69. The minimum absolute atomic E-state index is 0.465. The number of esters is 1. The van der Waals surface area contributed by atoms with E-state index >= 15 is 0 Å². The summed E-state index contributed by atoms with van der Waals surface area (Å²) < 4.78 is 83.7. The van der Waals surface area contributed by atoms with Crippen LogP contribution in [0.4, 0.5) is 26.3 Å². The van der Waals surface area contributed by atoms with E-state index in [1.54, 1.807) is 0 Å². The second-order valence-corrected chi connectivity index (χ2v) is 4.54. The van der Waals surface area contributed by atoms with Gasteiger partial charge in [-0.3, -0.25) is 4.79 Å². The quantitative estimate of drug-likeness (QED) is 0.513. The molecule has 10 heteroatoms. The Balaban J connectivity index is 3.50. The third-order valence-electron chi connectivity index (χ3n) is 3.07. The van der Waals surface area contributed by atoms with E-state index in [0.29, 0.717) is 7.11 Å². The largest absolute Gasteiger partial charge is 0.466 e. The number of halogens is 6. The molecule has 0 heterocycles. The summed E-state index contributed by atoms with van der Waals surface area (Å²) in [7, 11) is 0.587. The predicted molar refractivity (Wildman–Crippen MR) is 69.9 cm³/mol. The first-order chi connectivity index (χ1) is 10.9. The lowest BCUT2D eigenvalue weighted by Gasteiger charge is -2.38. The van der Waals surface area contributed by atoms with E-state index in [2.05, 4.69) is 11.3 Å². The van der Waals surface area contributed by atoms with Crippen molar-refractivity contribution < 1.29 is 40.7 Å². The Labute approximate surface area is 132 Å². The minimum atomic E-state index is -6.10. The summed E-state index contributed by atoms with van der Waals surface area (Å²) in [6.45, 7) is 2.55. The van der Waals surface area contributed by atoms with Crippen LogP contribution in [0.3, 0.4) is 0 Å². The van der Waals surface area contributed by atoms with Gasteiger partial charge in [0.25, 0.3) is 11.4 Å². The Hall–Kier alpha value is -2.52. The van der Waals surface area contributed by atoms with Crippen molar-refractivity contribution in [1.29, 1.82) is 0 Å². The first-order valence-corrected chi connectivity index (χ1v) is 6.17.